The van der Waals surface area contributed by atoms with Crippen molar-refractivity contribution in [3.63, 3.8) is 0 Å². The first-order valence-corrected chi connectivity index (χ1v) is 13.1. The number of aliphatic hydroxyl groups excluding tert-OH is 2. The summed E-state index contributed by atoms with van der Waals surface area (Å²) >= 11 is 0. The van der Waals surface area contributed by atoms with Gasteiger partial charge in [-0.3, -0.25) is 0 Å². The van der Waals surface area contributed by atoms with Crippen LogP contribution in [0.2, 0.25) is 0 Å². The van der Waals surface area contributed by atoms with Crippen molar-refractivity contribution in [3.8, 4) is 0 Å². The molecule has 7 unspecified atom stereocenters. The Kier molecular flexibility index (Phi) is 5.17. The van der Waals surface area contributed by atoms with E-state index in [1.807, 2.05) is 19.1 Å². The SMILES string of the molecule is CC(C)C(C)C(O)C1C[C@]23CC[C@@]4(O)C(=C2CCC3C1C)C=CC1(O)CC(O)CC[C@@]14C. The number of hydrogen-bond donors (Lipinski definition) is 4. The third kappa shape index (κ3) is 2.70. The largest absolute Gasteiger partial charge is 0.393 e. The Balaban J connectivity index is 1.57. The highest BCUT2D eigenvalue weighted by Crippen LogP contribution is 2.71. The van der Waals surface area contributed by atoms with E-state index in [0.29, 0.717) is 49.4 Å². The monoisotopic (exact) mass is 444 g/mol. The fourth-order valence-electron chi connectivity index (χ4n) is 9.05. The van der Waals surface area contributed by atoms with E-state index < -0.39 is 22.7 Å². The van der Waals surface area contributed by atoms with Gasteiger partial charge in [0.2, 0.25) is 0 Å². The number of rotatable bonds is 3. The minimum absolute atomic E-state index is 0.0909. The van der Waals surface area contributed by atoms with Crippen molar-refractivity contribution in [2.75, 3.05) is 0 Å². The van der Waals surface area contributed by atoms with Crippen LogP contribution in [0.5, 0.6) is 0 Å². The van der Waals surface area contributed by atoms with Crippen molar-refractivity contribution in [1.29, 1.82) is 0 Å². The molecule has 0 aromatic heterocycles. The normalized spacial score (nSPS) is 51.8. The predicted molar refractivity (Wildman–Crippen MR) is 126 cm³/mol. The Labute approximate surface area is 193 Å². The first-order chi connectivity index (χ1) is 14.9. The summed E-state index contributed by atoms with van der Waals surface area (Å²) in [7, 11) is 0. The summed E-state index contributed by atoms with van der Waals surface area (Å²) in [5.41, 5.74) is -0.314. The quantitative estimate of drug-likeness (QED) is 0.521. The second-order valence-corrected chi connectivity index (χ2v) is 12.9. The fourth-order valence-corrected chi connectivity index (χ4v) is 9.05. The van der Waals surface area contributed by atoms with Gasteiger partial charge in [0.25, 0.3) is 0 Å². The van der Waals surface area contributed by atoms with E-state index in [2.05, 4.69) is 27.7 Å². The zero-order chi connectivity index (χ0) is 23.3. The van der Waals surface area contributed by atoms with Crippen molar-refractivity contribution in [2.24, 2.45) is 40.4 Å². The molecule has 10 atom stereocenters. The highest BCUT2D eigenvalue weighted by molar-refractivity contribution is 5.50. The molecule has 0 aromatic carbocycles. The van der Waals surface area contributed by atoms with Gasteiger partial charge in [-0.1, -0.05) is 52.3 Å². The molecule has 180 valence electrons. The van der Waals surface area contributed by atoms with Crippen LogP contribution in [0.25, 0.3) is 0 Å². The van der Waals surface area contributed by atoms with Gasteiger partial charge in [0.15, 0.2) is 0 Å². The standard InChI is InChI=1S/C28H44O4/c1-16(2)17(3)24(30)20-15-26-12-13-28(32)23(22(26)7-6-21(26)18(20)4)9-11-27(31)14-19(29)8-10-25(27,28)5/h9,11,16-21,24,29-32H,6-8,10,12-15H2,1-5H3/t17?,18?,19?,20?,21?,24?,25-,26-,27?,28+/m0/s1. The molecule has 4 heteroatoms. The summed E-state index contributed by atoms with van der Waals surface area (Å²) in [6.07, 6.45) is 9.48. The van der Waals surface area contributed by atoms with Crippen molar-refractivity contribution < 1.29 is 20.4 Å². The van der Waals surface area contributed by atoms with Crippen LogP contribution in [0.3, 0.4) is 0 Å². The predicted octanol–water partition coefficient (Wildman–Crippen LogP) is 4.37. The maximum absolute atomic E-state index is 12.3. The van der Waals surface area contributed by atoms with E-state index in [4.69, 9.17) is 0 Å². The molecule has 0 saturated heterocycles. The molecule has 0 heterocycles. The fraction of sp³-hybridized carbons (Fsp3) is 0.857. The summed E-state index contributed by atoms with van der Waals surface area (Å²) in [5, 5.41) is 45.4. The van der Waals surface area contributed by atoms with Gasteiger partial charge in [0.05, 0.1) is 23.4 Å². The van der Waals surface area contributed by atoms with Crippen LogP contribution in [-0.2, 0) is 0 Å². The van der Waals surface area contributed by atoms with Crippen LogP contribution in [-0.4, -0.2) is 43.8 Å². The van der Waals surface area contributed by atoms with Gasteiger partial charge in [-0.15, -0.1) is 0 Å². The molecule has 0 amide bonds. The Bertz CT molecular complexity index is 846. The van der Waals surface area contributed by atoms with Crippen LogP contribution >= 0.6 is 0 Å². The lowest BCUT2D eigenvalue weighted by Gasteiger charge is -2.62. The average molecular weight is 445 g/mol. The van der Waals surface area contributed by atoms with E-state index in [1.54, 1.807) is 0 Å². The third-order valence-corrected chi connectivity index (χ3v) is 11.6. The van der Waals surface area contributed by atoms with Gasteiger partial charge in [0.1, 0.15) is 0 Å². The third-order valence-electron chi connectivity index (χ3n) is 11.6. The number of fused-ring (bicyclic) bond motifs is 3. The lowest BCUT2D eigenvalue weighted by molar-refractivity contribution is -0.198. The van der Waals surface area contributed by atoms with Crippen LogP contribution in [0.4, 0.5) is 0 Å². The molecule has 0 aliphatic heterocycles. The van der Waals surface area contributed by atoms with Gasteiger partial charge in [-0.25, -0.2) is 0 Å². The minimum Gasteiger partial charge on any atom is -0.393 e. The molecule has 5 aliphatic carbocycles. The zero-order valence-corrected chi connectivity index (χ0v) is 20.6. The number of allylic oxidation sites excluding steroid dienone is 1. The van der Waals surface area contributed by atoms with E-state index in [-0.39, 0.29) is 17.4 Å². The number of hydrogen-bond acceptors (Lipinski definition) is 4. The molecule has 4 nitrogen and oxygen atoms in total. The molecular weight excluding hydrogens is 400 g/mol. The van der Waals surface area contributed by atoms with Gasteiger partial charge >= 0.3 is 0 Å². The Morgan fingerprint density at radius 1 is 1.03 bits per heavy atom. The van der Waals surface area contributed by atoms with Gasteiger partial charge in [0, 0.05) is 11.8 Å². The number of aliphatic hydroxyl groups is 4. The highest BCUT2D eigenvalue weighted by atomic mass is 16.3. The Morgan fingerprint density at radius 3 is 2.44 bits per heavy atom. The minimum atomic E-state index is -1.17. The molecular formula is C28H44O4. The Morgan fingerprint density at radius 2 is 1.75 bits per heavy atom. The molecule has 0 bridgehead atoms. The maximum Gasteiger partial charge on any atom is 0.0980 e. The van der Waals surface area contributed by atoms with Crippen molar-refractivity contribution in [3.05, 3.63) is 23.3 Å². The molecule has 3 saturated carbocycles. The molecule has 3 fully saturated rings. The van der Waals surface area contributed by atoms with Crippen molar-refractivity contribution >= 4 is 0 Å². The first kappa shape index (κ1) is 23.1. The maximum atomic E-state index is 12.3. The first-order valence-electron chi connectivity index (χ1n) is 13.1. The molecule has 5 rings (SSSR count). The van der Waals surface area contributed by atoms with Gasteiger partial charge in [-0.05, 0) is 85.5 Å². The average Bonchev–Trinajstić information content (AvgIpc) is 3.23. The summed E-state index contributed by atoms with van der Waals surface area (Å²) in [6.45, 7) is 11.0. The molecule has 1 spiro atoms. The van der Waals surface area contributed by atoms with E-state index >= 15 is 0 Å². The zero-order valence-electron chi connectivity index (χ0n) is 20.6. The van der Waals surface area contributed by atoms with E-state index in [9.17, 15) is 20.4 Å². The second kappa shape index (κ2) is 7.16. The summed E-state index contributed by atoms with van der Waals surface area (Å²) < 4.78 is 0. The lowest BCUT2D eigenvalue weighted by Crippen LogP contribution is -2.66. The lowest BCUT2D eigenvalue weighted by atomic mass is 9.47. The smallest absolute Gasteiger partial charge is 0.0980 e. The highest BCUT2D eigenvalue weighted by Gasteiger charge is 2.68. The topological polar surface area (TPSA) is 80.9 Å². The van der Waals surface area contributed by atoms with Gasteiger partial charge in [-0.2, -0.15) is 0 Å². The molecule has 4 N–H and O–H groups in total. The molecule has 32 heavy (non-hydrogen) atoms. The second-order valence-electron chi connectivity index (χ2n) is 12.9. The summed E-state index contributed by atoms with van der Waals surface area (Å²) in [6, 6.07) is 0. The van der Waals surface area contributed by atoms with E-state index in [1.165, 1.54) is 5.57 Å². The van der Waals surface area contributed by atoms with E-state index in [0.717, 1.165) is 31.3 Å². The van der Waals surface area contributed by atoms with Crippen molar-refractivity contribution in [2.45, 2.75) is 109 Å². The molecule has 5 aliphatic rings. The van der Waals surface area contributed by atoms with Crippen LogP contribution in [0, 0.1) is 40.4 Å². The summed E-state index contributed by atoms with van der Waals surface area (Å²) in [5.74, 6) is 2.12. The van der Waals surface area contributed by atoms with Gasteiger partial charge < -0.3 is 20.4 Å². The van der Waals surface area contributed by atoms with Crippen LogP contribution in [0.15, 0.2) is 23.3 Å². The summed E-state index contributed by atoms with van der Waals surface area (Å²) in [4.78, 5) is 0. The van der Waals surface area contributed by atoms with Crippen molar-refractivity contribution in [1.82, 2.24) is 0 Å². The molecule has 0 radical (unpaired) electrons. The molecule has 0 aromatic rings. The Hall–Kier alpha value is -0.680. The van der Waals surface area contributed by atoms with Crippen LogP contribution < -0.4 is 0 Å². The van der Waals surface area contributed by atoms with Crippen LogP contribution in [0.1, 0.15) is 86.0 Å².